The maximum Gasteiger partial charge on any atom is 0.341 e. The maximum absolute atomic E-state index is 12.6. The van der Waals surface area contributed by atoms with E-state index in [2.05, 4.69) is 5.32 Å². The van der Waals surface area contributed by atoms with E-state index in [0.29, 0.717) is 22.4 Å². The number of hydrogen-bond acceptors (Lipinski definition) is 4. The number of fused-ring (bicyclic) bond motifs is 3. The predicted molar refractivity (Wildman–Crippen MR) is 67.9 cm³/mol. The maximum atomic E-state index is 12.6. The van der Waals surface area contributed by atoms with E-state index in [4.69, 9.17) is 4.74 Å². The summed E-state index contributed by atoms with van der Waals surface area (Å²) in [5.74, 6) is -0.689. The van der Waals surface area contributed by atoms with Crippen LogP contribution in [0.1, 0.15) is 26.3 Å². The molecule has 2 aliphatic heterocycles. The smallest absolute Gasteiger partial charge is 0.341 e. The third kappa shape index (κ3) is 1.13. The fourth-order valence-electron chi connectivity index (χ4n) is 2.70. The van der Waals surface area contributed by atoms with Crippen LogP contribution in [0, 0.1) is 0 Å². The molecule has 0 radical (unpaired) electrons. The molecule has 4 rings (SSSR count). The number of rotatable bonds is 0. The first-order chi connectivity index (χ1) is 9.22. The van der Waals surface area contributed by atoms with Crippen LogP contribution in [0.25, 0.3) is 0 Å². The highest BCUT2D eigenvalue weighted by Crippen LogP contribution is 2.45. The highest BCUT2D eigenvalue weighted by molar-refractivity contribution is 6.16. The molecule has 4 nitrogen and oxygen atoms in total. The van der Waals surface area contributed by atoms with Gasteiger partial charge in [0, 0.05) is 16.8 Å². The predicted octanol–water partition coefficient (Wildman–Crippen LogP) is 2.32. The van der Waals surface area contributed by atoms with Gasteiger partial charge < -0.3 is 10.1 Å². The number of anilines is 1. The Kier molecular flexibility index (Phi) is 1.75. The largest absolute Gasteiger partial charge is 0.423 e. The first-order valence-corrected chi connectivity index (χ1v) is 5.97. The van der Waals surface area contributed by atoms with E-state index in [1.165, 1.54) is 0 Å². The SMILES string of the molecule is O=C1OC2(Nc3ccccc3C2=O)c2ccccc21. The summed E-state index contributed by atoms with van der Waals surface area (Å²) in [4.78, 5) is 24.5. The number of carbonyl (C=O) groups is 2. The van der Waals surface area contributed by atoms with Gasteiger partial charge in [-0.1, -0.05) is 30.3 Å². The van der Waals surface area contributed by atoms with Crippen LogP contribution in [-0.2, 0) is 10.5 Å². The van der Waals surface area contributed by atoms with Crippen LogP contribution in [0.15, 0.2) is 48.5 Å². The van der Waals surface area contributed by atoms with Crippen molar-refractivity contribution in [1.82, 2.24) is 0 Å². The summed E-state index contributed by atoms with van der Waals surface area (Å²) in [5.41, 5.74) is 0.888. The van der Waals surface area contributed by atoms with Gasteiger partial charge in [-0.15, -0.1) is 0 Å². The minimum atomic E-state index is -1.38. The van der Waals surface area contributed by atoms with Crippen molar-refractivity contribution in [2.75, 3.05) is 5.32 Å². The van der Waals surface area contributed by atoms with Gasteiger partial charge in [0.15, 0.2) is 0 Å². The zero-order chi connectivity index (χ0) is 13.0. The molecule has 1 unspecified atom stereocenters. The number of ether oxygens (including phenoxy) is 1. The Morgan fingerprint density at radius 3 is 2.37 bits per heavy atom. The van der Waals surface area contributed by atoms with Crippen molar-refractivity contribution >= 4 is 17.4 Å². The highest BCUT2D eigenvalue weighted by Gasteiger charge is 2.55. The molecule has 2 aromatic rings. The molecule has 0 saturated carbocycles. The zero-order valence-electron chi connectivity index (χ0n) is 9.84. The molecule has 2 heterocycles. The van der Waals surface area contributed by atoms with Gasteiger partial charge in [-0.2, -0.15) is 0 Å². The van der Waals surface area contributed by atoms with E-state index in [1.54, 1.807) is 42.5 Å². The lowest BCUT2D eigenvalue weighted by molar-refractivity contribution is 0.0111. The minimum absolute atomic E-state index is 0.221. The summed E-state index contributed by atoms with van der Waals surface area (Å²) in [5, 5.41) is 3.05. The summed E-state index contributed by atoms with van der Waals surface area (Å²) >= 11 is 0. The molecule has 2 aromatic carbocycles. The summed E-state index contributed by atoms with van der Waals surface area (Å²) < 4.78 is 5.38. The van der Waals surface area contributed by atoms with Gasteiger partial charge >= 0.3 is 5.97 Å². The van der Waals surface area contributed by atoms with Crippen LogP contribution in [0.4, 0.5) is 5.69 Å². The number of Topliss-reactive ketones (excluding diaryl/α,β-unsaturated/α-hetero) is 1. The summed E-state index contributed by atoms with van der Waals surface area (Å²) in [6.45, 7) is 0. The summed E-state index contributed by atoms with van der Waals surface area (Å²) in [6.07, 6.45) is 0. The molecule has 1 atom stereocenters. The molecule has 4 heteroatoms. The molecule has 92 valence electrons. The standard InChI is InChI=1S/C15H9NO3/c17-13-10-6-2-4-8-12(10)16-15(13)11-7-3-1-5-9(11)14(18)19-15/h1-8,16H. The average molecular weight is 251 g/mol. The molecular formula is C15H9NO3. The summed E-state index contributed by atoms with van der Waals surface area (Å²) in [6, 6.07) is 14.1. The third-order valence-electron chi connectivity index (χ3n) is 3.57. The molecule has 0 saturated heterocycles. The molecule has 2 aliphatic rings. The molecule has 0 fully saturated rings. The Bertz CT molecular complexity index is 738. The summed E-state index contributed by atoms with van der Waals surface area (Å²) in [7, 11) is 0. The van der Waals surface area contributed by atoms with Gasteiger partial charge in [-0.3, -0.25) is 4.79 Å². The van der Waals surface area contributed by atoms with Crippen molar-refractivity contribution in [2.24, 2.45) is 0 Å². The van der Waals surface area contributed by atoms with Gasteiger partial charge in [-0.05, 0) is 18.2 Å². The Morgan fingerprint density at radius 1 is 0.895 bits per heavy atom. The normalized spacial score (nSPS) is 22.9. The second kappa shape index (κ2) is 3.23. The Morgan fingerprint density at radius 2 is 1.58 bits per heavy atom. The van der Waals surface area contributed by atoms with Crippen LogP contribution < -0.4 is 5.32 Å². The van der Waals surface area contributed by atoms with Crippen molar-refractivity contribution in [2.45, 2.75) is 5.72 Å². The first-order valence-electron chi connectivity index (χ1n) is 5.97. The Labute approximate surface area is 109 Å². The monoisotopic (exact) mass is 251 g/mol. The van der Waals surface area contributed by atoms with Crippen molar-refractivity contribution < 1.29 is 14.3 Å². The van der Waals surface area contributed by atoms with Crippen molar-refractivity contribution in [3.05, 3.63) is 65.2 Å². The minimum Gasteiger partial charge on any atom is -0.423 e. The van der Waals surface area contributed by atoms with Crippen molar-refractivity contribution in [3.8, 4) is 0 Å². The lowest BCUT2D eigenvalue weighted by Gasteiger charge is -2.22. The van der Waals surface area contributed by atoms with E-state index in [0.717, 1.165) is 0 Å². The van der Waals surface area contributed by atoms with E-state index >= 15 is 0 Å². The van der Waals surface area contributed by atoms with Gasteiger partial charge in [0.25, 0.3) is 5.72 Å². The number of nitrogens with one attached hydrogen (secondary N) is 1. The average Bonchev–Trinajstić information content (AvgIpc) is 2.88. The molecule has 1 spiro atoms. The number of benzene rings is 2. The van der Waals surface area contributed by atoms with E-state index in [9.17, 15) is 9.59 Å². The first kappa shape index (κ1) is 10.3. The highest BCUT2D eigenvalue weighted by atomic mass is 16.6. The number of carbonyl (C=O) groups excluding carboxylic acids is 2. The number of ketones is 1. The van der Waals surface area contributed by atoms with E-state index in [-0.39, 0.29) is 5.78 Å². The molecule has 0 amide bonds. The fourth-order valence-corrected chi connectivity index (χ4v) is 2.70. The molecule has 0 bridgehead atoms. The van der Waals surface area contributed by atoms with Crippen LogP contribution in [0.5, 0.6) is 0 Å². The molecule has 0 aliphatic carbocycles. The molecular weight excluding hydrogens is 242 g/mol. The van der Waals surface area contributed by atoms with Gasteiger partial charge in [0.05, 0.1) is 5.56 Å². The Balaban J connectivity index is 1.96. The molecule has 19 heavy (non-hydrogen) atoms. The van der Waals surface area contributed by atoms with Crippen LogP contribution >= 0.6 is 0 Å². The number of hydrogen-bond donors (Lipinski definition) is 1. The lowest BCUT2D eigenvalue weighted by Crippen LogP contribution is -2.38. The van der Waals surface area contributed by atoms with Gasteiger partial charge in [0.1, 0.15) is 0 Å². The fraction of sp³-hybridized carbons (Fsp3) is 0.0667. The van der Waals surface area contributed by atoms with Crippen molar-refractivity contribution in [3.63, 3.8) is 0 Å². The molecule has 1 N–H and O–H groups in total. The van der Waals surface area contributed by atoms with Gasteiger partial charge in [-0.25, -0.2) is 4.79 Å². The number of para-hydroxylation sites is 1. The van der Waals surface area contributed by atoms with Crippen LogP contribution in [0.2, 0.25) is 0 Å². The quantitative estimate of drug-likeness (QED) is 0.730. The third-order valence-corrected chi connectivity index (χ3v) is 3.57. The number of esters is 1. The van der Waals surface area contributed by atoms with Crippen molar-refractivity contribution in [1.29, 1.82) is 0 Å². The van der Waals surface area contributed by atoms with E-state index in [1.807, 2.05) is 6.07 Å². The van der Waals surface area contributed by atoms with E-state index < -0.39 is 11.7 Å². The topological polar surface area (TPSA) is 55.4 Å². The van der Waals surface area contributed by atoms with Crippen LogP contribution in [-0.4, -0.2) is 11.8 Å². The van der Waals surface area contributed by atoms with Gasteiger partial charge in [0.2, 0.25) is 5.78 Å². The lowest BCUT2D eigenvalue weighted by atomic mass is 9.96. The second-order valence-corrected chi connectivity index (χ2v) is 4.62. The van der Waals surface area contributed by atoms with Crippen LogP contribution in [0.3, 0.4) is 0 Å². The molecule has 0 aromatic heterocycles. The Hall–Kier alpha value is -2.62. The second-order valence-electron chi connectivity index (χ2n) is 4.62. The zero-order valence-corrected chi connectivity index (χ0v) is 9.84.